The van der Waals surface area contributed by atoms with Gasteiger partial charge in [-0.25, -0.2) is 14.3 Å². The molecule has 1 aromatic carbocycles. The minimum Gasteiger partial charge on any atom is -0.493 e. The minimum atomic E-state index is -5.26. The summed E-state index contributed by atoms with van der Waals surface area (Å²) in [7, 11) is 0. The Morgan fingerprint density at radius 3 is 2.46 bits per heavy atom. The van der Waals surface area contributed by atoms with E-state index in [2.05, 4.69) is 15.5 Å². The van der Waals surface area contributed by atoms with E-state index in [4.69, 9.17) is 4.74 Å². The molecule has 1 amide bonds. The average molecular weight is 589 g/mol. The number of nitrogens with one attached hydrogen (secondary N) is 2. The van der Waals surface area contributed by atoms with Gasteiger partial charge in [0.1, 0.15) is 17.3 Å². The van der Waals surface area contributed by atoms with Crippen LogP contribution >= 0.6 is 0 Å². The summed E-state index contributed by atoms with van der Waals surface area (Å²) >= 11 is 0. The topological polar surface area (TPSA) is 120 Å². The Morgan fingerprint density at radius 2 is 1.85 bits per heavy atom. The molecule has 2 aliphatic rings. The molecule has 0 radical (unpaired) electrons. The van der Waals surface area contributed by atoms with E-state index in [9.17, 15) is 35.9 Å². The van der Waals surface area contributed by atoms with Crippen LogP contribution < -0.4 is 15.7 Å². The number of benzene rings is 1. The van der Waals surface area contributed by atoms with Crippen molar-refractivity contribution in [1.29, 1.82) is 0 Å². The number of hydrogen-bond acceptors (Lipinski definition) is 6. The Kier molecular flexibility index (Phi) is 7.15. The molecule has 0 saturated heterocycles. The van der Waals surface area contributed by atoms with Gasteiger partial charge in [0.25, 0.3) is 5.91 Å². The van der Waals surface area contributed by atoms with E-state index in [0.29, 0.717) is 23.2 Å². The second-order valence-electron chi connectivity index (χ2n) is 9.85. The fourth-order valence-electron chi connectivity index (χ4n) is 4.63. The monoisotopic (exact) mass is 589 g/mol. The highest BCUT2D eigenvalue weighted by molar-refractivity contribution is 6.22. The van der Waals surface area contributed by atoms with Crippen LogP contribution in [0.15, 0.2) is 35.3 Å². The molecule has 1 saturated carbocycles. The first-order valence-corrected chi connectivity index (χ1v) is 12.4. The molecule has 220 valence electrons. The summed E-state index contributed by atoms with van der Waals surface area (Å²) < 4.78 is 104. The Balaban J connectivity index is 1.54. The number of H-pyrrole nitrogens is 1. The molecule has 1 aliphatic carbocycles. The van der Waals surface area contributed by atoms with Gasteiger partial charge >= 0.3 is 18.0 Å². The van der Waals surface area contributed by atoms with E-state index in [1.165, 1.54) is 16.9 Å². The summed E-state index contributed by atoms with van der Waals surface area (Å²) in [5.41, 5.74) is -6.22. The van der Waals surface area contributed by atoms with Gasteiger partial charge in [0.05, 0.1) is 12.3 Å². The molecule has 10 nitrogen and oxygen atoms in total. The zero-order valence-corrected chi connectivity index (χ0v) is 21.0. The molecule has 1 fully saturated rings. The third-order valence-corrected chi connectivity index (χ3v) is 6.80. The molecule has 1 aliphatic heterocycles. The Morgan fingerprint density at radius 1 is 1.10 bits per heavy atom. The van der Waals surface area contributed by atoms with Crippen molar-refractivity contribution in [3.05, 3.63) is 58.0 Å². The maximum Gasteiger partial charge on any atom is 0.416 e. The molecule has 0 bridgehead atoms. The van der Waals surface area contributed by atoms with Crippen LogP contribution in [0.1, 0.15) is 43.4 Å². The molecular formula is C24H22F7N7O3. The molecule has 2 N–H and O–H groups in total. The summed E-state index contributed by atoms with van der Waals surface area (Å²) in [6.07, 6.45) is -8.89. The van der Waals surface area contributed by atoms with Crippen molar-refractivity contribution in [2.45, 2.75) is 56.5 Å². The third kappa shape index (κ3) is 5.83. The van der Waals surface area contributed by atoms with Gasteiger partial charge in [-0.2, -0.15) is 36.1 Å². The number of hydrogen-bond donors (Lipinski definition) is 2. The second kappa shape index (κ2) is 10.3. The fraction of sp³-hybridized carbons (Fsp3) is 0.458. The standard InChI is InChI=1S/C24H22F7N7O3/c25-17-10-14(41-9-1-7-23(26,27)28)4-5-16(17)22(24(29,30)31)11-15(18-6-8-37(34-18)12-13-2-3-13)19(20(39)32-22)38-21(40)33-35-36-38/h4-6,8,10,13H,1-3,7,9,11-12H2,(H,32,39)(H,33,36,40)/t22-/m0/s1. The molecule has 3 heterocycles. The van der Waals surface area contributed by atoms with Crippen molar-refractivity contribution in [3.8, 4) is 5.75 Å². The fourth-order valence-corrected chi connectivity index (χ4v) is 4.63. The molecule has 41 heavy (non-hydrogen) atoms. The number of amides is 1. The van der Waals surface area contributed by atoms with Gasteiger partial charge in [-0.3, -0.25) is 9.48 Å². The van der Waals surface area contributed by atoms with Gasteiger partial charge in [-0.15, -0.1) is 0 Å². The average Bonchev–Trinajstić information content (AvgIpc) is 3.39. The lowest BCUT2D eigenvalue weighted by atomic mass is 9.78. The number of ether oxygens (including phenoxy) is 1. The van der Waals surface area contributed by atoms with Crippen LogP contribution in [0.2, 0.25) is 0 Å². The number of aromatic nitrogens is 6. The Hall–Kier alpha value is -4.18. The SMILES string of the molecule is O=C1N[C@@](c2ccc(OCCCC(F)(F)F)cc2F)(C(F)(F)F)CC(c2ccn(CC3CC3)n2)=C1n1nn[nH]c1=O. The van der Waals surface area contributed by atoms with E-state index in [1.807, 2.05) is 10.4 Å². The Bertz CT molecular complexity index is 1530. The normalized spacial score (nSPS) is 19.9. The lowest BCUT2D eigenvalue weighted by Gasteiger charge is -2.41. The first kappa shape index (κ1) is 28.4. The van der Waals surface area contributed by atoms with Crippen molar-refractivity contribution in [2.24, 2.45) is 5.92 Å². The smallest absolute Gasteiger partial charge is 0.416 e. The van der Waals surface area contributed by atoms with E-state index < -0.39 is 72.4 Å². The van der Waals surface area contributed by atoms with Gasteiger partial charge in [-0.1, -0.05) is 0 Å². The van der Waals surface area contributed by atoms with Crippen molar-refractivity contribution >= 4 is 17.2 Å². The number of tetrazole rings is 1. The number of aromatic amines is 1. The maximum atomic E-state index is 15.3. The number of carbonyl (C=O) groups is 1. The van der Waals surface area contributed by atoms with Crippen molar-refractivity contribution in [3.63, 3.8) is 0 Å². The Labute approximate surface area is 226 Å². The largest absolute Gasteiger partial charge is 0.493 e. The zero-order chi connectivity index (χ0) is 29.6. The number of nitrogens with zero attached hydrogens (tertiary/aromatic N) is 5. The highest BCUT2D eigenvalue weighted by Gasteiger charge is 2.61. The number of carbonyl (C=O) groups excluding carboxylic acids is 1. The van der Waals surface area contributed by atoms with Crippen LogP contribution in [0.4, 0.5) is 30.7 Å². The van der Waals surface area contributed by atoms with Gasteiger partial charge in [0, 0.05) is 42.8 Å². The predicted molar refractivity (Wildman–Crippen MR) is 126 cm³/mol. The summed E-state index contributed by atoms with van der Waals surface area (Å²) in [6.45, 7) is 0.0495. The summed E-state index contributed by atoms with van der Waals surface area (Å²) in [6, 6.07) is 3.71. The highest BCUT2D eigenvalue weighted by atomic mass is 19.4. The van der Waals surface area contributed by atoms with Crippen LogP contribution in [0.3, 0.4) is 0 Å². The first-order valence-electron chi connectivity index (χ1n) is 12.4. The number of rotatable bonds is 9. The molecule has 2 aromatic heterocycles. The number of alkyl halides is 6. The maximum absolute atomic E-state index is 15.3. The summed E-state index contributed by atoms with van der Waals surface area (Å²) in [5, 5.41) is 14.9. The van der Waals surface area contributed by atoms with Crippen LogP contribution in [-0.4, -0.2) is 54.9 Å². The van der Waals surface area contributed by atoms with Gasteiger partial charge in [-0.05, 0) is 53.8 Å². The lowest BCUT2D eigenvalue weighted by molar-refractivity contribution is -0.202. The summed E-state index contributed by atoms with van der Waals surface area (Å²) in [4.78, 5) is 25.6. The molecular weight excluding hydrogens is 567 g/mol. The molecule has 5 rings (SSSR count). The van der Waals surface area contributed by atoms with Crippen LogP contribution in [0.25, 0.3) is 11.3 Å². The second-order valence-corrected chi connectivity index (χ2v) is 9.85. The third-order valence-electron chi connectivity index (χ3n) is 6.80. The van der Waals surface area contributed by atoms with Crippen LogP contribution in [-0.2, 0) is 16.9 Å². The van der Waals surface area contributed by atoms with Crippen LogP contribution in [0, 0.1) is 11.7 Å². The quantitative estimate of drug-likeness (QED) is 0.290. The van der Waals surface area contributed by atoms with Crippen molar-refractivity contribution in [1.82, 2.24) is 35.3 Å². The molecule has 17 heteroatoms. The van der Waals surface area contributed by atoms with E-state index >= 15 is 4.39 Å². The molecule has 3 aromatic rings. The summed E-state index contributed by atoms with van der Waals surface area (Å²) in [5.74, 6) is -2.74. The van der Waals surface area contributed by atoms with E-state index in [0.717, 1.165) is 25.0 Å². The zero-order valence-electron chi connectivity index (χ0n) is 21.0. The first-order chi connectivity index (χ1) is 19.3. The van der Waals surface area contributed by atoms with E-state index in [-0.39, 0.29) is 17.0 Å². The van der Waals surface area contributed by atoms with E-state index in [1.54, 1.807) is 0 Å². The lowest BCUT2D eigenvalue weighted by Crippen LogP contribution is -2.59. The van der Waals surface area contributed by atoms with Crippen molar-refractivity contribution in [2.75, 3.05) is 6.61 Å². The number of halogens is 7. The van der Waals surface area contributed by atoms with Gasteiger partial charge in [0.2, 0.25) is 0 Å². The van der Waals surface area contributed by atoms with Crippen molar-refractivity contribution < 1.29 is 40.3 Å². The van der Waals surface area contributed by atoms with Gasteiger partial charge < -0.3 is 10.1 Å². The predicted octanol–water partition coefficient (Wildman–Crippen LogP) is 3.78. The molecule has 1 atom stereocenters. The minimum absolute atomic E-state index is 0.0518. The molecule has 0 unspecified atom stereocenters. The molecule has 0 spiro atoms. The van der Waals surface area contributed by atoms with Gasteiger partial charge in [0.15, 0.2) is 5.54 Å². The van der Waals surface area contributed by atoms with Crippen LogP contribution in [0.5, 0.6) is 5.75 Å². The highest BCUT2D eigenvalue weighted by Crippen LogP contribution is 2.49.